The van der Waals surface area contributed by atoms with E-state index in [1.807, 2.05) is 13.0 Å². The normalized spacial score (nSPS) is 10.8. The van der Waals surface area contributed by atoms with Crippen molar-refractivity contribution in [3.8, 4) is 0 Å². The summed E-state index contributed by atoms with van der Waals surface area (Å²) in [5, 5.41) is 4.39. The van der Waals surface area contributed by atoms with Crippen LogP contribution in [0.4, 0.5) is 0 Å². The van der Waals surface area contributed by atoms with Crippen LogP contribution in [0.5, 0.6) is 0 Å². The highest BCUT2D eigenvalue weighted by Crippen LogP contribution is 2.20. The zero-order valence-corrected chi connectivity index (χ0v) is 11.5. The molecule has 0 bridgehead atoms. The Morgan fingerprint density at radius 3 is 2.95 bits per heavy atom. The molecule has 0 aliphatic carbocycles. The molecule has 0 amide bonds. The van der Waals surface area contributed by atoms with Crippen molar-refractivity contribution < 1.29 is 9.53 Å². The minimum atomic E-state index is -0.194. The predicted molar refractivity (Wildman–Crippen MR) is 76.1 cm³/mol. The number of para-hydroxylation sites is 1. The van der Waals surface area contributed by atoms with Crippen molar-refractivity contribution in [2.24, 2.45) is 7.05 Å². The first-order chi connectivity index (χ1) is 9.22. The maximum absolute atomic E-state index is 11.2. The van der Waals surface area contributed by atoms with Crippen molar-refractivity contribution in [1.29, 1.82) is 0 Å². The van der Waals surface area contributed by atoms with Crippen LogP contribution in [0, 0.1) is 0 Å². The van der Waals surface area contributed by atoms with Crippen LogP contribution in [-0.2, 0) is 23.0 Å². The number of nitrogens with zero attached hydrogens (tertiary/aromatic N) is 1. The van der Waals surface area contributed by atoms with E-state index in [9.17, 15) is 4.79 Å². The third kappa shape index (κ3) is 3.35. The number of aryl methyl sites for hydroxylation is 1. The molecule has 0 saturated heterocycles. The first-order valence-corrected chi connectivity index (χ1v) is 6.61. The molecule has 0 aliphatic rings. The van der Waals surface area contributed by atoms with Gasteiger partial charge in [-0.3, -0.25) is 4.79 Å². The Bertz CT molecular complexity index is 560. The first-order valence-electron chi connectivity index (χ1n) is 6.61. The summed E-state index contributed by atoms with van der Waals surface area (Å²) in [6.45, 7) is 3.29. The number of hydrogen-bond acceptors (Lipinski definition) is 3. The molecule has 19 heavy (non-hydrogen) atoms. The minimum Gasteiger partial charge on any atom is -0.465 e. The maximum atomic E-state index is 11.2. The SMILES string of the molecule is CCOC(=O)CNCCc1cn(C)c2ccccc12. The smallest absolute Gasteiger partial charge is 0.319 e. The third-order valence-corrected chi connectivity index (χ3v) is 3.13. The fourth-order valence-electron chi connectivity index (χ4n) is 2.25. The molecule has 2 aromatic rings. The number of hydrogen-bond donors (Lipinski definition) is 1. The van der Waals surface area contributed by atoms with E-state index in [0.717, 1.165) is 13.0 Å². The van der Waals surface area contributed by atoms with Gasteiger partial charge in [-0.2, -0.15) is 0 Å². The molecule has 4 heteroatoms. The number of carbonyl (C=O) groups excluding carboxylic acids is 1. The number of esters is 1. The summed E-state index contributed by atoms with van der Waals surface area (Å²) in [5.41, 5.74) is 2.54. The summed E-state index contributed by atoms with van der Waals surface area (Å²) in [7, 11) is 2.05. The van der Waals surface area contributed by atoms with Gasteiger partial charge in [-0.15, -0.1) is 0 Å². The highest BCUT2D eigenvalue weighted by molar-refractivity contribution is 5.83. The summed E-state index contributed by atoms with van der Waals surface area (Å²) in [6.07, 6.45) is 3.05. The molecule has 0 fully saturated rings. The molecule has 0 unspecified atom stereocenters. The van der Waals surface area contributed by atoms with E-state index in [4.69, 9.17) is 4.74 Å². The molecule has 0 radical (unpaired) electrons. The number of fused-ring (bicyclic) bond motifs is 1. The Hall–Kier alpha value is -1.81. The summed E-state index contributed by atoms with van der Waals surface area (Å²) < 4.78 is 7.00. The minimum absolute atomic E-state index is 0.194. The largest absolute Gasteiger partial charge is 0.465 e. The van der Waals surface area contributed by atoms with Crippen LogP contribution in [0.25, 0.3) is 10.9 Å². The summed E-state index contributed by atoms with van der Waals surface area (Å²) >= 11 is 0. The Morgan fingerprint density at radius 2 is 2.16 bits per heavy atom. The molecule has 0 atom stereocenters. The van der Waals surface area contributed by atoms with E-state index in [2.05, 4.69) is 41.3 Å². The molecule has 0 spiro atoms. The molecule has 1 N–H and O–H groups in total. The van der Waals surface area contributed by atoms with E-state index in [-0.39, 0.29) is 12.5 Å². The summed E-state index contributed by atoms with van der Waals surface area (Å²) in [5.74, 6) is -0.194. The quantitative estimate of drug-likeness (QED) is 0.637. The number of ether oxygens (including phenoxy) is 1. The van der Waals surface area contributed by atoms with Crippen LogP contribution < -0.4 is 5.32 Å². The van der Waals surface area contributed by atoms with Crippen LogP contribution in [0.3, 0.4) is 0 Å². The van der Waals surface area contributed by atoms with Gasteiger partial charge in [-0.1, -0.05) is 18.2 Å². The van der Waals surface area contributed by atoms with Gasteiger partial charge >= 0.3 is 5.97 Å². The Morgan fingerprint density at radius 1 is 1.37 bits per heavy atom. The highest BCUT2D eigenvalue weighted by atomic mass is 16.5. The summed E-state index contributed by atoms with van der Waals surface area (Å²) in [4.78, 5) is 11.2. The van der Waals surface area contributed by atoms with Crippen molar-refractivity contribution in [3.05, 3.63) is 36.0 Å². The van der Waals surface area contributed by atoms with Crippen molar-refractivity contribution in [1.82, 2.24) is 9.88 Å². The lowest BCUT2D eigenvalue weighted by molar-refractivity contribution is -0.141. The average Bonchev–Trinajstić information content (AvgIpc) is 2.73. The molecule has 2 rings (SSSR count). The number of benzene rings is 1. The van der Waals surface area contributed by atoms with Gasteiger partial charge in [0.1, 0.15) is 0 Å². The number of aromatic nitrogens is 1. The second kappa shape index (κ2) is 6.38. The van der Waals surface area contributed by atoms with Crippen LogP contribution >= 0.6 is 0 Å². The Labute approximate surface area is 113 Å². The second-order valence-electron chi connectivity index (χ2n) is 4.51. The third-order valence-electron chi connectivity index (χ3n) is 3.13. The molecule has 4 nitrogen and oxygen atoms in total. The lowest BCUT2D eigenvalue weighted by Crippen LogP contribution is -2.26. The zero-order valence-electron chi connectivity index (χ0n) is 11.5. The van der Waals surface area contributed by atoms with E-state index in [0.29, 0.717) is 6.61 Å². The fourth-order valence-corrected chi connectivity index (χ4v) is 2.25. The van der Waals surface area contributed by atoms with Gasteiger partial charge in [0.05, 0.1) is 13.2 Å². The van der Waals surface area contributed by atoms with E-state index in [1.54, 1.807) is 0 Å². The van der Waals surface area contributed by atoms with Gasteiger partial charge in [-0.05, 0) is 31.5 Å². The highest BCUT2D eigenvalue weighted by Gasteiger charge is 2.06. The molecule has 0 saturated carbocycles. The zero-order chi connectivity index (χ0) is 13.7. The van der Waals surface area contributed by atoms with Gasteiger partial charge in [0.2, 0.25) is 0 Å². The molecular weight excluding hydrogens is 240 g/mol. The molecule has 102 valence electrons. The first kappa shape index (κ1) is 13.6. The lowest BCUT2D eigenvalue weighted by Gasteiger charge is -2.04. The number of rotatable bonds is 6. The Balaban J connectivity index is 1.90. The molecule has 1 aromatic carbocycles. The average molecular weight is 260 g/mol. The van der Waals surface area contributed by atoms with Gasteiger partial charge in [0, 0.05) is 24.1 Å². The van der Waals surface area contributed by atoms with Gasteiger partial charge in [0.25, 0.3) is 0 Å². The van der Waals surface area contributed by atoms with Crippen LogP contribution in [-0.4, -0.2) is 30.2 Å². The Kier molecular flexibility index (Phi) is 4.58. The van der Waals surface area contributed by atoms with Crippen molar-refractivity contribution >= 4 is 16.9 Å². The van der Waals surface area contributed by atoms with Gasteiger partial charge in [0.15, 0.2) is 0 Å². The molecule has 1 aromatic heterocycles. The van der Waals surface area contributed by atoms with E-state index in [1.165, 1.54) is 16.5 Å². The van der Waals surface area contributed by atoms with Gasteiger partial charge < -0.3 is 14.6 Å². The second-order valence-corrected chi connectivity index (χ2v) is 4.51. The maximum Gasteiger partial charge on any atom is 0.319 e. The fraction of sp³-hybridized carbons (Fsp3) is 0.400. The number of carbonyl (C=O) groups is 1. The van der Waals surface area contributed by atoms with Crippen LogP contribution in [0.1, 0.15) is 12.5 Å². The van der Waals surface area contributed by atoms with Crippen LogP contribution in [0.15, 0.2) is 30.5 Å². The topological polar surface area (TPSA) is 43.3 Å². The monoisotopic (exact) mass is 260 g/mol. The van der Waals surface area contributed by atoms with Crippen molar-refractivity contribution in [2.75, 3.05) is 19.7 Å². The standard InChI is InChI=1S/C15H20N2O2/c1-3-19-15(18)10-16-9-8-12-11-17(2)14-7-5-4-6-13(12)14/h4-7,11,16H,3,8-10H2,1-2H3. The van der Waals surface area contributed by atoms with Crippen molar-refractivity contribution in [3.63, 3.8) is 0 Å². The van der Waals surface area contributed by atoms with Gasteiger partial charge in [-0.25, -0.2) is 0 Å². The van der Waals surface area contributed by atoms with E-state index >= 15 is 0 Å². The summed E-state index contributed by atoms with van der Waals surface area (Å²) in [6, 6.07) is 8.35. The molecule has 1 heterocycles. The number of nitrogens with one attached hydrogen (secondary N) is 1. The molecular formula is C15H20N2O2. The predicted octanol–water partition coefficient (Wildman–Crippen LogP) is 1.87. The van der Waals surface area contributed by atoms with E-state index < -0.39 is 0 Å². The van der Waals surface area contributed by atoms with Crippen molar-refractivity contribution in [2.45, 2.75) is 13.3 Å². The lowest BCUT2D eigenvalue weighted by atomic mass is 10.1. The molecule has 0 aliphatic heterocycles. The van der Waals surface area contributed by atoms with Crippen LogP contribution in [0.2, 0.25) is 0 Å².